The molecule has 4 heterocycles. The monoisotopic (exact) mass is 481 g/mol. The number of nitrogens with zero attached hydrogens (tertiary/aromatic N) is 9. The number of anilines is 1. The number of imidazole rings is 1. The second-order valence-corrected chi connectivity index (χ2v) is 9.69. The third kappa shape index (κ3) is 3.74. The molecule has 10 heteroatoms. The van der Waals surface area contributed by atoms with Crippen molar-refractivity contribution in [1.29, 1.82) is 0 Å². The molecule has 4 aromatic heterocycles. The molecule has 1 aliphatic rings. The van der Waals surface area contributed by atoms with Crippen LogP contribution in [0.1, 0.15) is 44.3 Å². The van der Waals surface area contributed by atoms with Crippen LogP contribution in [0.3, 0.4) is 0 Å². The molecule has 1 saturated carbocycles. The molecular weight excluding hydrogens is 454 g/mol. The number of hydrogen-bond donors (Lipinski definition) is 0. The van der Waals surface area contributed by atoms with E-state index in [0.29, 0.717) is 34.2 Å². The van der Waals surface area contributed by atoms with Crippen LogP contribution in [0.4, 0.5) is 5.69 Å². The highest BCUT2D eigenvalue weighted by Gasteiger charge is 2.26. The summed E-state index contributed by atoms with van der Waals surface area (Å²) >= 11 is 0. The fourth-order valence-corrected chi connectivity index (χ4v) is 4.42. The summed E-state index contributed by atoms with van der Waals surface area (Å²) in [6, 6.07) is 9.54. The lowest BCUT2D eigenvalue weighted by Gasteiger charge is -2.19. The Kier molecular flexibility index (Phi) is 5.17. The van der Waals surface area contributed by atoms with Gasteiger partial charge in [-0.1, -0.05) is 6.07 Å². The number of hydrogen-bond acceptors (Lipinski definition) is 7. The highest BCUT2D eigenvalue weighted by Crippen LogP contribution is 2.39. The van der Waals surface area contributed by atoms with Crippen LogP contribution >= 0.6 is 0 Å². The van der Waals surface area contributed by atoms with Gasteiger partial charge >= 0.3 is 0 Å². The summed E-state index contributed by atoms with van der Waals surface area (Å²) in [4.78, 5) is 29.7. The smallest absolute Gasteiger partial charge is 0.267 e. The van der Waals surface area contributed by atoms with Crippen molar-refractivity contribution in [3.63, 3.8) is 0 Å². The molecular formula is C26H27N9O. The van der Waals surface area contributed by atoms with Crippen molar-refractivity contribution in [1.82, 2.24) is 38.9 Å². The van der Waals surface area contributed by atoms with Gasteiger partial charge in [-0.3, -0.25) is 9.36 Å². The lowest BCUT2D eigenvalue weighted by Crippen LogP contribution is -2.21. The highest BCUT2D eigenvalue weighted by molar-refractivity contribution is 5.86. The van der Waals surface area contributed by atoms with Crippen molar-refractivity contribution >= 4 is 16.6 Å². The van der Waals surface area contributed by atoms with Crippen LogP contribution in [0.25, 0.3) is 33.9 Å². The van der Waals surface area contributed by atoms with Gasteiger partial charge in [0.15, 0.2) is 5.82 Å². The van der Waals surface area contributed by atoms with Crippen molar-refractivity contribution in [2.45, 2.75) is 38.6 Å². The molecule has 1 aromatic carbocycles. The molecule has 0 spiro atoms. The zero-order valence-electron chi connectivity index (χ0n) is 20.7. The number of pyridine rings is 1. The Labute approximate surface area is 207 Å². The molecule has 1 fully saturated rings. The molecule has 0 saturated heterocycles. The van der Waals surface area contributed by atoms with Crippen molar-refractivity contribution < 1.29 is 0 Å². The number of fused-ring (bicyclic) bond motifs is 1. The van der Waals surface area contributed by atoms with Crippen molar-refractivity contribution in [2.75, 3.05) is 19.0 Å². The van der Waals surface area contributed by atoms with E-state index in [9.17, 15) is 4.79 Å². The van der Waals surface area contributed by atoms with Crippen molar-refractivity contribution in [3.05, 3.63) is 71.6 Å². The standard InChI is InChI=1S/C26H27N9O/c1-16(2)34-15-29-31-25(34)19-6-5-7-24(30-19)35-14-28-20-11-22(32(3)4)23(10-18(20)26(35)36)33-12-21(27-13-33)17-8-9-17/h5-7,10-17H,8-9H2,1-4H3. The van der Waals surface area contributed by atoms with E-state index in [2.05, 4.69) is 40.2 Å². The molecule has 1 aliphatic carbocycles. The average molecular weight is 482 g/mol. The Bertz CT molecular complexity index is 1640. The lowest BCUT2D eigenvalue weighted by molar-refractivity contribution is 0.603. The fourth-order valence-electron chi connectivity index (χ4n) is 4.42. The minimum absolute atomic E-state index is 0.179. The summed E-state index contributed by atoms with van der Waals surface area (Å²) in [5.41, 5.74) is 4.01. The molecule has 0 N–H and O–H groups in total. The third-order valence-electron chi connectivity index (χ3n) is 6.55. The predicted molar refractivity (Wildman–Crippen MR) is 138 cm³/mol. The van der Waals surface area contributed by atoms with E-state index >= 15 is 0 Å². The first kappa shape index (κ1) is 22.1. The van der Waals surface area contributed by atoms with Gasteiger partial charge in [-0.05, 0) is 51.0 Å². The highest BCUT2D eigenvalue weighted by atomic mass is 16.1. The van der Waals surface area contributed by atoms with Gasteiger partial charge in [0.05, 0.1) is 34.3 Å². The molecule has 36 heavy (non-hydrogen) atoms. The van der Waals surface area contributed by atoms with E-state index in [0.717, 1.165) is 17.1 Å². The minimum Gasteiger partial charge on any atom is -0.376 e. The zero-order chi connectivity index (χ0) is 25.0. The lowest BCUT2D eigenvalue weighted by atomic mass is 10.1. The normalized spacial score (nSPS) is 13.6. The van der Waals surface area contributed by atoms with Crippen LogP contribution in [0, 0.1) is 0 Å². The fraction of sp³-hybridized carbons (Fsp3) is 0.308. The maximum Gasteiger partial charge on any atom is 0.267 e. The quantitative estimate of drug-likeness (QED) is 0.364. The summed E-state index contributed by atoms with van der Waals surface area (Å²) in [7, 11) is 3.96. The first-order valence-corrected chi connectivity index (χ1v) is 12.0. The summed E-state index contributed by atoms with van der Waals surface area (Å²) in [5, 5.41) is 8.79. The molecule has 182 valence electrons. The molecule has 0 bridgehead atoms. The number of aromatic nitrogens is 8. The SMILES string of the molecule is CC(C)n1cnnc1-c1cccc(-n2cnc3cc(N(C)C)c(-n4cnc(C5CC5)c4)cc3c2=O)n1. The van der Waals surface area contributed by atoms with Crippen LogP contribution in [0.15, 0.2) is 60.3 Å². The Hall–Kier alpha value is -4.34. The van der Waals surface area contributed by atoms with Crippen LogP contribution in [0.5, 0.6) is 0 Å². The van der Waals surface area contributed by atoms with Crippen molar-refractivity contribution in [2.24, 2.45) is 0 Å². The summed E-state index contributed by atoms with van der Waals surface area (Å²) in [6.45, 7) is 4.11. The number of rotatable bonds is 6. The Balaban J connectivity index is 1.48. The summed E-state index contributed by atoms with van der Waals surface area (Å²) in [6.07, 6.45) is 9.48. The molecule has 0 amide bonds. The van der Waals surface area contributed by atoms with Gasteiger partial charge in [-0.2, -0.15) is 0 Å². The first-order chi connectivity index (χ1) is 17.4. The predicted octanol–water partition coefficient (Wildman–Crippen LogP) is 3.75. The second kappa shape index (κ2) is 8.40. The second-order valence-electron chi connectivity index (χ2n) is 9.69. The van der Waals surface area contributed by atoms with Gasteiger partial charge in [0.25, 0.3) is 5.56 Å². The van der Waals surface area contributed by atoms with Crippen LogP contribution < -0.4 is 10.5 Å². The Morgan fingerprint density at radius 1 is 1.06 bits per heavy atom. The minimum atomic E-state index is -0.191. The first-order valence-electron chi connectivity index (χ1n) is 12.0. The topological polar surface area (TPSA) is 99.5 Å². The maximum absolute atomic E-state index is 13.7. The van der Waals surface area contributed by atoms with Crippen LogP contribution in [-0.2, 0) is 0 Å². The van der Waals surface area contributed by atoms with Crippen LogP contribution in [0.2, 0.25) is 0 Å². The van der Waals surface area contributed by atoms with Gasteiger partial charge in [-0.15, -0.1) is 10.2 Å². The van der Waals surface area contributed by atoms with Gasteiger partial charge in [0.1, 0.15) is 24.2 Å². The van der Waals surface area contributed by atoms with Crippen LogP contribution in [-0.4, -0.2) is 52.9 Å². The van der Waals surface area contributed by atoms with E-state index in [1.807, 2.05) is 58.7 Å². The van der Waals surface area contributed by atoms with Gasteiger partial charge in [0.2, 0.25) is 0 Å². The number of benzene rings is 1. The van der Waals surface area contributed by atoms with E-state index < -0.39 is 0 Å². The van der Waals surface area contributed by atoms with E-state index in [4.69, 9.17) is 4.98 Å². The van der Waals surface area contributed by atoms with Gasteiger partial charge < -0.3 is 14.0 Å². The maximum atomic E-state index is 13.7. The van der Waals surface area contributed by atoms with E-state index in [1.165, 1.54) is 23.7 Å². The van der Waals surface area contributed by atoms with Gasteiger partial charge in [0, 0.05) is 32.3 Å². The Morgan fingerprint density at radius 2 is 1.89 bits per heavy atom. The van der Waals surface area contributed by atoms with E-state index in [-0.39, 0.29) is 11.6 Å². The Morgan fingerprint density at radius 3 is 2.64 bits per heavy atom. The zero-order valence-corrected chi connectivity index (χ0v) is 20.7. The van der Waals surface area contributed by atoms with Gasteiger partial charge in [-0.25, -0.2) is 15.0 Å². The van der Waals surface area contributed by atoms with Crippen molar-refractivity contribution in [3.8, 4) is 23.0 Å². The molecule has 0 unspecified atom stereocenters. The summed E-state index contributed by atoms with van der Waals surface area (Å²) < 4.78 is 5.42. The molecule has 0 atom stereocenters. The molecule has 10 nitrogen and oxygen atoms in total. The summed E-state index contributed by atoms with van der Waals surface area (Å²) in [5.74, 6) is 1.67. The molecule has 5 aromatic rings. The third-order valence-corrected chi connectivity index (χ3v) is 6.55. The molecule has 0 aliphatic heterocycles. The molecule has 0 radical (unpaired) electrons. The largest absolute Gasteiger partial charge is 0.376 e. The average Bonchev–Trinajstić information content (AvgIpc) is 3.39. The van der Waals surface area contributed by atoms with E-state index in [1.54, 1.807) is 12.4 Å². The molecule has 6 rings (SSSR count).